The van der Waals surface area contributed by atoms with Crippen LogP contribution in [0.3, 0.4) is 0 Å². The van der Waals surface area contributed by atoms with Crippen LogP contribution >= 0.6 is 0 Å². The van der Waals surface area contributed by atoms with Crippen molar-refractivity contribution in [1.82, 2.24) is 9.88 Å². The van der Waals surface area contributed by atoms with Crippen molar-refractivity contribution < 1.29 is 18.7 Å². The monoisotopic (exact) mass is 353 g/mol. The molecule has 4 heterocycles. The van der Waals surface area contributed by atoms with Gasteiger partial charge in [-0.05, 0) is 18.2 Å². The van der Waals surface area contributed by atoms with Gasteiger partial charge in [-0.15, -0.1) is 0 Å². The standard InChI is InChI=1S/C19H19N3O4/c20-7-14-3-4-17(21-8-14)26-13-19-11-22(9-15(19)10-24-12-19)18(23)6-16-2-1-5-25-16/h1-5,8,15H,6,9-13H2. The van der Waals surface area contributed by atoms with E-state index in [0.717, 1.165) is 0 Å². The quantitative estimate of drug-likeness (QED) is 0.812. The van der Waals surface area contributed by atoms with Crippen LogP contribution in [0, 0.1) is 22.7 Å². The summed E-state index contributed by atoms with van der Waals surface area (Å²) in [5, 5.41) is 8.83. The third-order valence-electron chi connectivity index (χ3n) is 5.15. The fraction of sp³-hybridized carbons (Fsp3) is 0.421. The molecule has 0 aromatic carbocycles. The van der Waals surface area contributed by atoms with Crippen LogP contribution in [0.15, 0.2) is 41.1 Å². The molecule has 0 saturated carbocycles. The molecule has 2 atom stereocenters. The van der Waals surface area contributed by atoms with Crippen molar-refractivity contribution in [1.29, 1.82) is 5.26 Å². The molecule has 0 spiro atoms. The van der Waals surface area contributed by atoms with Gasteiger partial charge in [0.15, 0.2) is 0 Å². The minimum absolute atomic E-state index is 0.0604. The Kier molecular flexibility index (Phi) is 4.35. The molecule has 7 heteroatoms. The number of hydrogen-bond acceptors (Lipinski definition) is 6. The Labute approximate surface area is 151 Å². The Morgan fingerprint density at radius 2 is 2.38 bits per heavy atom. The molecular formula is C19H19N3O4. The van der Waals surface area contributed by atoms with Gasteiger partial charge < -0.3 is 18.8 Å². The highest BCUT2D eigenvalue weighted by Crippen LogP contribution is 2.41. The Bertz CT molecular complexity index is 812. The first-order valence-corrected chi connectivity index (χ1v) is 8.55. The van der Waals surface area contributed by atoms with E-state index in [1.807, 2.05) is 17.0 Å². The molecule has 2 aliphatic rings. The second-order valence-electron chi connectivity index (χ2n) is 6.89. The fourth-order valence-corrected chi connectivity index (χ4v) is 3.65. The van der Waals surface area contributed by atoms with Crippen molar-refractivity contribution >= 4 is 5.91 Å². The highest BCUT2D eigenvalue weighted by atomic mass is 16.5. The summed E-state index contributed by atoms with van der Waals surface area (Å²) in [6.07, 6.45) is 3.34. The molecule has 4 rings (SSSR count). The molecule has 1 amide bonds. The van der Waals surface area contributed by atoms with E-state index >= 15 is 0 Å². The number of furan rings is 1. The van der Waals surface area contributed by atoms with Gasteiger partial charge in [-0.1, -0.05) is 0 Å². The number of nitriles is 1. The SMILES string of the molecule is N#Cc1ccc(OCC23COCC2CN(C(=O)Cc2ccco2)C3)nc1. The first-order chi connectivity index (χ1) is 12.7. The molecule has 2 unspecified atom stereocenters. The largest absolute Gasteiger partial charge is 0.477 e. The summed E-state index contributed by atoms with van der Waals surface area (Å²) in [5.41, 5.74) is 0.280. The van der Waals surface area contributed by atoms with Gasteiger partial charge in [0, 0.05) is 31.3 Å². The van der Waals surface area contributed by atoms with E-state index in [-0.39, 0.29) is 23.7 Å². The summed E-state index contributed by atoms with van der Waals surface area (Å²) in [5.74, 6) is 1.46. The van der Waals surface area contributed by atoms with Crippen molar-refractivity contribution in [2.45, 2.75) is 6.42 Å². The average molecular weight is 353 g/mol. The lowest BCUT2D eigenvalue weighted by Gasteiger charge is -2.26. The van der Waals surface area contributed by atoms with E-state index in [2.05, 4.69) is 4.98 Å². The Hall–Kier alpha value is -2.85. The van der Waals surface area contributed by atoms with Gasteiger partial charge in [-0.3, -0.25) is 4.79 Å². The number of ether oxygens (including phenoxy) is 2. The highest BCUT2D eigenvalue weighted by Gasteiger charge is 2.52. The second-order valence-corrected chi connectivity index (χ2v) is 6.89. The highest BCUT2D eigenvalue weighted by molar-refractivity contribution is 5.78. The molecule has 2 aromatic rings. The molecule has 2 aliphatic heterocycles. The molecule has 0 N–H and O–H groups in total. The Balaban J connectivity index is 1.41. The number of rotatable bonds is 5. The molecule has 0 aliphatic carbocycles. The summed E-state index contributed by atoms with van der Waals surface area (Å²) in [7, 11) is 0. The van der Waals surface area contributed by atoms with E-state index < -0.39 is 0 Å². The molecule has 134 valence electrons. The number of amides is 1. The minimum Gasteiger partial charge on any atom is -0.477 e. The van der Waals surface area contributed by atoms with Crippen LogP contribution in [0.2, 0.25) is 0 Å². The van der Waals surface area contributed by atoms with Crippen LogP contribution in [-0.4, -0.2) is 48.7 Å². The van der Waals surface area contributed by atoms with Crippen molar-refractivity contribution in [2.75, 3.05) is 32.9 Å². The summed E-state index contributed by atoms with van der Waals surface area (Å²) < 4.78 is 16.8. The van der Waals surface area contributed by atoms with Gasteiger partial charge >= 0.3 is 0 Å². The van der Waals surface area contributed by atoms with E-state index in [4.69, 9.17) is 19.2 Å². The lowest BCUT2D eigenvalue weighted by Crippen LogP contribution is -2.38. The number of likely N-dealkylation sites (tertiary alicyclic amines) is 1. The summed E-state index contributed by atoms with van der Waals surface area (Å²) in [4.78, 5) is 18.6. The van der Waals surface area contributed by atoms with E-state index in [1.54, 1.807) is 24.5 Å². The first kappa shape index (κ1) is 16.6. The van der Waals surface area contributed by atoms with Crippen molar-refractivity contribution in [2.24, 2.45) is 11.3 Å². The maximum absolute atomic E-state index is 12.6. The number of carbonyl (C=O) groups excluding carboxylic acids is 1. The predicted molar refractivity (Wildman–Crippen MR) is 90.2 cm³/mol. The lowest BCUT2D eigenvalue weighted by molar-refractivity contribution is -0.130. The van der Waals surface area contributed by atoms with E-state index in [1.165, 1.54) is 6.20 Å². The summed E-state index contributed by atoms with van der Waals surface area (Å²) in [6.45, 7) is 2.91. The van der Waals surface area contributed by atoms with Gasteiger partial charge in [0.05, 0.1) is 43.5 Å². The molecule has 26 heavy (non-hydrogen) atoms. The third kappa shape index (κ3) is 3.16. The number of nitrogens with zero attached hydrogens (tertiary/aromatic N) is 3. The zero-order chi connectivity index (χ0) is 18.0. The zero-order valence-electron chi connectivity index (χ0n) is 14.3. The van der Waals surface area contributed by atoms with E-state index in [9.17, 15) is 4.79 Å². The summed E-state index contributed by atoms with van der Waals surface area (Å²) in [6, 6.07) is 9.00. The van der Waals surface area contributed by atoms with Gasteiger partial charge in [-0.2, -0.15) is 5.26 Å². The number of fused-ring (bicyclic) bond motifs is 1. The Morgan fingerprint density at radius 3 is 3.12 bits per heavy atom. The van der Waals surface area contributed by atoms with Gasteiger partial charge in [0.2, 0.25) is 11.8 Å². The van der Waals surface area contributed by atoms with Crippen molar-refractivity contribution in [3.05, 3.63) is 48.0 Å². The van der Waals surface area contributed by atoms with Crippen molar-refractivity contribution in [3.63, 3.8) is 0 Å². The van der Waals surface area contributed by atoms with Gasteiger partial charge in [-0.25, -0.2) is 4.98 Å². The minimum atomic E-state index is -0.214. The van der Waals surface area contributed by atoms with Crippen LogP contribution in [0.25, 0.3) is 0 Å². The van der Waals surface area contributed by atoms with Crippen LogP contribution in [-0.2, 0) is 16.0 Å². The smallest absolute Gasteiger partial charge is 0.230 e. The van der Waals surface area contributed by atoms with Crippen LogP contribution < -0.4 is 4.74 Å². The molecule has 2 fully saturated rings. The van der Waals surface area contributed by atoms with Crippen molar-refractivity contribution in [3.8, 4) is 11.9 Å². The molecule has 2 saturated heterocycles. The average Bonchev–Trinajstić information content (AvgIpc) is 3.36. The fourth-order valence-electron chi connectivity index (χ4n) is 3.65. The summed E-state index contributed by atoms with van der Waals surface area (Å²) >= 11 is 0. The van der Waals surface area contributed by atoms with E-state index in [0.29, 0.717) is 50.1 Å². The normalized spacial score (nSPS) is 24.3. The topological polar surface area (TPSA) is 88.6 Å². The molecular weight excluding hydrogens is 334 g/mol. The number of carbonyl (C=O) groups is 1. The Morgan fingerprint density at radius 1 is 1.46 bits per heavy atom. The molecule has 2 aromatic heterocycles. The third-order valence-corrected chi connectivity index (χ3v) is 5.15. The second kappa shape index (κ2) is 6.81. The predicted octanol–water partition coefficient (Wildman–Crippen LogP) is 1.64. The first-order valence-electron chi connectivity index (χ1n) is 8.55. The zero-order valence-corrected chi connectivity index (χ0v) is 14.3. The number of aromatic nitrogens is 1. The lowest BCUT2D eigenvalue weighted by atomic mass is 9.82. The van der Waals surface area contributed by atoms with Crippen LogP contribution in [0.1, 0.15) is 11.3 Å². The van der Waals surface area contributed by atoms with Gasteiger partial charge in [0.1, 0.15) is 11.8 Å². The van der Waals surface area contributed by atoms with Crippen LogP contribution in [0.5, 0.6) is 5.88 Å². The number of pyridine rings is 1. The molecule has 0 radical (unpaired) electrons. The molecule has 0 bridgehead atoms. The maximum atomic E-state index is 12.6. The maximum Gasteiger partial charge on any atom is 0.230 e. The van der Waals surface area contributed by atoms with Crippen LogP contribution in [0.4, 0.5) is 0 Å². The molecule has 7 nitrogen and oxygen atoms in total. The number of hydrogen-bond donors (Lipinski definition) is 0. The van der Waals surface area contributed by atoms with Gasteiger partial charge in [0.25, 0.3) is 0 Å².